The molecule has 126 valence electrons. The van der Waals surface area contributed by atoms with Gasteiger partial charge < -0.3 is 15.0 Å². The van der Waals surface area contributed by atoms with Gasteiger partial charge in [-0.15, -0.1) is 0 Å². The molecule has 1 N–H and O–H groups in total. The molecular weight excluding hydrogens is 292 g/mol. The van der Waals surface area contributed by atoms with Crippen molar-refractivity contribution >= 4 is 11.7 Å². The van der Waals surface area contributed by atoms with Crippen LogP contribution in [0, 0.1) is 5.92 Å². The van der Waals surface area contributed by atoms with Crippen molar-refractivity contribution in [2.45, 2.75) is 12.8 Å². The average Bonchev–Trinajstić information content (AvgIpc) is 2.62. The van der Waals surface area contributed by atoms with E-state index in [1.807, 2.05) is 12.1 Å². The number of rotatable bonds is 4. The quantitative estimate of drug-likeness (QED) is 0.897. The largest absolute Gasteiger partial charge is 0.379 e. The van der Waals surface area contributed by atoms with Crippen molar-refractivity contribution in [2.24, 2.45) is 5.92 Å². The smallest absolute Gasteiger partial charge is 0.269 e. The topological polar surface area (TPSA) is 57.7 Å². The molecule has 0 aromatic carbocycles. The maximum atomic E-state index is 11.7. The summed E-state index contributed by atoms with van der Waals surface area (Å²) in [6.07, 6.45) is 2.37. The van der Waals surface area contributed by atoms with Crippen LogP contribution in [-0.4, -0.2) is 68.8 Å². The predicted octanol–water partition coefficient (Wildman–Crippen LogP) is 0.990. The lowest BCUT2D eigenvalue weighted by atomic mass is 9.96. The highest BCUT2D eigenvalue weighted by atomic mass is 16.5. The first-order valence-electron chi connectivity index (χ1n) is 8.50. The van der Waals surface area contributed by atoms with Crippen LogP contribution in [-0.2, 0) is 4.74 Å². The standard InChI is InChI=1S/C17H26N4O2/c1-18-17(22)15-3-2-4-16(19-15)21-7-5-14(6-8-21)13-20-9-11-23-12-10-20/h2-4,14H,5-13H2,1H3,(H,18,22). The molecule has 2 saturated heterocycles. The van der Waals surface area contributed by atoms with Crippen molar-refractivity contribution in [3.05, 3.63) is 23.9 Å². The van der Waals surface area contributed by atoms with Crippen molar-refractivity contribution in [2.75, 3.05) is 57.9 Å². The van der Waals surface area contributed by atoms with E-state index < -0.39 is 0 Å². The summed E-state index contributed by atoms with van der Waals surface area (Å²) in [4.78, 5) is 21.0. The van der Waals surface area contributed by atoms with Crippen LogP contribution < -0.4 is 10.2 Å². The SMILES string of the molecule is CNC(=O)c1cccc(N2CCC(CN3CCOCC3)CC2)n1. The number of nitrogens with zero attached hydrogens (tertiary/aromatic N) is 3. The summed E-state index contributed by atoms with van der Waals surface area (Å²) in [5, 5.41) is 2.63. The lowest BCUT2D eigenvalue weighted by Gasteiger charge is -2.36. The van der Waals surface area contributed by atoms with Crippen LogP contribution in [0.4, 0.5) is 5.82 Å². The Morgan fingerprint density at radius 1 is 1.26 bits per heavy atom. The van der Waals surface area contributed by atoms with Crippen LogP contribution in [0.1, 0.15) is 23.3 Å². The lowest BCUT2D eigenvalue weighted by Crippen LogP contribution is -2.43. The molecule has 23 heavy (non-hydrogen) atoms. The molecule has 0 saturated carbocycles. The van der Waals surface area contributed by atoms with Crippen LogP contribution >= 0.6 is 0 Å². The van der Waals surface area contributed by atoms with Crippen LogP contribution in [0.2, 0.25) is 0 Å². The summed E-state index contributed by atoms with van der Waals surface area (Å²) >= 11 is 0. The summed E-state index contributed by atoms with van der Waals surface area (Å²) < 4.78 is 5.41. The van der Waals surface area contributed by atoms with Crippen LogP contribution in [0.15, 0.2) is 18.2 Å². The second-order valence-corrected chi connectivity index (χ2v) is 6.30. The van der Waals surface area contributed by atoms with Crippen molar-refractivity contribution in [3.63, 3.8) is 0 Å². The van der Waals surface area contributed by atoms with Crippen molar-refractivity contribution in [1.82, 2.24) is 15.2 Å². The molecule has 0 aliphatic carbocycles. The van der Waals surface area contributed by atoms with E-state index in [9.17, 15) is 4.79 Å². The van der Waals surface area contributed by atoms with Crippen LogP contribution in [0.3, 0.4) is 0 Å². The van der Waals surface area contributed by atoms with E-state index >= 15 is 0 Å². The van der Waals surface area contributed by atoms with Gasteiger partial charge in [-0.3, -0.25) is 9.69 Å². The number of anilines is 1. The van der Waals surface area contributed by atoms with E-state index in [4.69, 9.17) is 4.74 Å². The van der Waals surface area contributed by atoms with Gasteiger partial charge in [0, 0.05) is 39.8 Å². The maximum Gasteiger partial charge on any atom is 0.269 e. The summed E-state index contributed by atoms with van der Waals surface area (Å²) in [7, 11) is 1.63. The Labute approximate surface area is 137 Å². The molecule has 0 radical (unpaired) electrons. The Morgan fingerprint density at radius 3 is 2.70 bits per heavy atom. The van der Waals surface area contributed by atoms with Gasteiger partial charge in [-0.1, -0.05) is 6.07 Å². The number of hydrogen-bond acceptors (Lipinski definition) is 5. The Balaban J connectivity index is 1.53. The molecule has 1 amide bonds. The van der Waals surface area contributed by atoms with Gasteiger partial charge in [-0.2, -0.15) is 0 Å². The number of pyridine rings is 1. The molecule has 0 bridgehead atoms. The maximum absolute atomic E-state index is 11.7. The summed E-state index contributed by atoms with van der Waals surface area (Å²) in [6.45, 7) is 7.08. The minimum Gasteiger partial charge on any atom is -0.379 e. The Morgan fingerprint density at radius 2 is 2.00 bits per heavy atom. The second-order valence-electron chi connectivity index (χ2n) is 6.30. The fraction of sp³-hybridized carbons (Fsp3) is 0.647. The van der Waals surface area contributed by atoms with Crippen molar-refractivity contribution < 1.29 is 9.53 Å². The molecule has 2 fully saturated rings. The van der Waals surface area contributed by atoms with E-state index in [1.54, 1.807) is 13.1 Å². The van der Waals surface area contributed by atoms with Gasteiger partial charge in [0.1, 0.15) is 11.5 Å². The highest BCUT2D eigenvalue weighted by Crippen LogP contribution is 2.23. The third-order valence-electron chi connectivity index (χ3n) is 4.75. The number of piperidine rings is 1. The van der Waals surface area contributed by atoms with Gasteiger partial charge in [0.25, 0.3) is 5.91 Å². The number of hydrogen-bond donors (Lipinski definition) is 1. The van der Waals surface area contributed by atoms with Gasteiger partial charge in [-0.25, -0.2) is 4.98 Å². The molecule has 1 aromatic rings. The molecule has 0 unspecified atom stereocenters. The highest BCUT2D eigenvalue weighted by Gasteiger charge is 2.23. The van der Waals surface area contributed by atoms with Crippen molar-refractivity contribution in [3.8, 4) is 0 Å². The van der Waals surface area contributed by atoms with Gasteiger partial charge in [0.15, 0.2) is 0 Å². The number of aromatic nitrogens is 1. The fourth-order valence-electron chi connectivity index (χ4n) is 3.35. The average molecular weight is 318 g/mol. The second kappa shape index (κ2) is 7.75. The first-order valence-corrected chi connectivity index (χ1v) is 8.50. The first kappa shape index (κ1) is 16.2. The third kappa shape index (κ3) is 4.20. The Bertz CT molecular complexity index is 523. The Kier molecular flexibility index (Phi) is 5.46. The minimum atomic E-state index is -0.131. The first-order chi connectivity index (χ1) is 11.3. The highest BCUT2D eigenvalue weighted by molar-refractivity contribution is 5.92. The molecular formula is C17H26N4O2. The fourth-order valence-corrected chi connectivity index (χ4v) is 3.35. The molecule has 6 heteroatoms. The van der Waals surface area contributed by atoms with E-state index in [0.29, 0.717) is 5.69 Å². The van der Waals surface area contributed by atoms with Crippen LogP contribution in [0.5, 0.6) is 0 Å². The predicted molar refractivity (Wildman–Crippen MR) is 89.8 cm³/mol. The molecule has 1 aromatic heterocycles. The number of amides is 1. The van der Waals surface area contributed by atoms with E-state index in [-0.39, 0.29) is 5.91 Å². The van der Waals surface area contributed by atoms with Gasteiger partial charge in [0.05, 0.1) is 13.2 Å². The number of carbonyl (C=O) groups is 1. The van der Waals surface area contributed by atoms with Crippen LogP contribution in [0.25, 0.3) is 0 Å². The summed E-state index contributed by atoms with van der Waals surface area (Å²) in [6, 6.07) is 5.66. The molecule has 2 aliphatic rings. The number of ether oxygens (including phenoxy) is 1. The zero-order valence-corrected chi connectivity index (χ0v) is 13.8. The monoisotopic (exact) mass is 318 g/mol. The number of morpholine rings is 1. The number of nitrogens with one attached hydrogen (secondary N) is 1. The molecule has 0 spiro atoms. The molecule has 2 aliphatic heterocycles. The van der Waals surface area contributed by atoms with Crippen molar-refractivity contribution in [1.29, 1.82) is 0 Å². The summed E-state index contributed by atoms with van der Waals surface area (Å²) in [5.41, 5.74) is 0.487. The number of carbonyl (C=O) groups excluding carboxylic acids is 1. The molecule has 0 atom stereocenters. The Hall–Kier alpha value is -1.66. The minimum absolute atomic E-state index is 0.131. The molecule has 3 heterocycles. The lowest BCUT2D eigenvalue weighted by molar-refractivity contribution is 0.0289. The van der Waals surface area contributed by atoms with Gasteiger partial charge in [0.2, 0.25) is 0 Å². The van der Waals surface area contributed by atoms with E-state index in [0.717, 1.165) is 51.1 Å². The summed E-state index contributed by atoms with van der Waals surface area (Å²) in [5.74, 6) is 1.54. The molecule has 3 rings (SSSR count). The van der Waals surface area contributed by atoms with Gasteiger partial charge in [-0.05, 0) is 30.9 Å². The third-order valence-corrected chi connectivity index (χ3v) is 4.75. The van der Waals surface area contributed by atoms with E-state index in [2.05, 4.69) is 20.1 Å². The van der Waals surface area contributed by atoms with Gasteiger partial charge >= 0.3 is 0 Å². The normalized spacial score (nSPS) is 20.5. The van der Waals surface area contributed by atoms with E-state index in [1.165, 1.54) is 19.4 Å². The zero-order chi connectivity index (χ0) is 16.1. The molecule has 6 nitrogen and oxygen atoms in total. The zero-order valence-electron chi connectivity index (χ0n) is 13.8.